The molecule has 7 nitrogen and oxygen atoms in total. The second-order valence-corrected chi connectivity index (χ2v) is 10.1. The number of aliphatic hydroxyl groups excluding tert-OH is 1. The standard InChI is InChI=1S/C22H22ClNO6S2/c1-14-20(32(27,28)19-9-3-15(23)4-10-19)13-31-21(14)22(26)24-11-16(25)12-30-18-7-5-17(29-2)6-8-18/h3-10,13,16,25H,11-12H2,1-2H3,(H,24,26). The average molecular weight is 496 g/mol. The van der Waals surface area contributed by atoms with Crippen molar-refractivity contribution in [2.24, 2.45) is 0 Å². The van der Waals surface area contributed by atoms with E-state index in [1.165, 1.54) is 29.6 Å². The van der Waals surface area contributed by atoms with Crippen LogP contribution in [0.4, 0.5) is 0 Å². The van der Waals surface area contributed by atoms with Gasteiger partial charge in [0, 0.05) is 16.9 Å². The molecule has 0 aliphatic heterocycles. The van der Waals surface area contributed by atoms with Gasteiger partial charge in [-0.05, 0) is 61.0 Å². The summed E-state index contributed by atoms with van der Waals surface area (Å²) in [5.74, 6) is 0.782. The second kappa shape index (κ2) is 10.4. The molecule has 1 aromatic heterocycles. The van der Waals surface area contributed by atoms with Gasteiger partial charge in [0.25, 0.3) is 5.91 Å². The number of benzene rings is 2. The topological polar surface area (TPSA) is 102 Å². The number of nitrogens with one attached hydrogen (secondary N) is 1. The van der Waals surface area contributed by atoms with Crippen molar-refractivity contribution in [2.75, 3.05) is 20.3 Å². The molecule has 2 N–H and O–H groups in total. The van der Waals surface area contributed by atoms with Gasteiger partial charge in [-0.15, -0.1) is 11.3 Å². The number of ether oxygens (including phenoxy) is 2. The predicted octanol–water partition coefficient (Wildman–Crippen LogP) is 3.72. The molecular weight excluding hydrogens is 474 g/mol. The Morgan fingerprint density at radius 1 is 1.12 bits per heavy atom. The third-order valence-electron chi connectivity index (χ3n) is 4.61. The first-order valence-corrected chi connectivity index (χ1v) is 12.3. The van der Waals surface area contributed by atoms with E-state index in [0.29, 0.717) is 22.1 Å². The molecule has 0 radical (unpaired) electrons. The molecule has 170 valence electrons. The highest BCUT2D eigenvalue weighted by atomic mass is 35.5. The molecule has 1 heterocycles. The normalized spacial score (nSPS) is 12.2. The Bertz CT molecular complexity index is 1170. The summed E-state index contributed by atoms with van der Waals surface area (Å²) >= 11 is 6.87. The number of rotatable bonds is 9. The molecule has 0 saturated heterocycles. The van der Waals surface area contributed by atoms with Gasteiger partial charge in [-0.1, -0.05) is 11.6 Å². The molecule has 32 heavy (non-hydrogen) atoms. The number of carbonyl (C=O) groups excluding carboxylic acids is 1. The summed E-state index contributed by atoms with van der Waals surface area (Å²) in [6.45, 7) is 1.51. The van der Waals surface area contributed by atoms with E-state index in [-0.39, 0.29) is 27.8 Å². The van der Waals surface area contributed by atoms with Crippen LogP contribution in [0.15, 0.2) is 63.7 Å². The van der Waals surface area contributed by atoms with Crippen molar-refractivity contribution < 1.29 is 27.8 Å². The van der Waals surface area contributed by atoms with E-state index < -0.39 is 21.8 Å². The fourth-order valence-electron chi connectivity index (χ4n) is 2.84. The molecule has 2 aromatic carbocycles. The zero-order valence-electron chi connectivity index (χ0n) is 17.4. The Balaban J connectivity index is 1.59. The van der Waals surface area contributed by atoms with Gasteiger partial charge in [-0.25, -0.2) is 8.42 Å². The maximum Gasteiger partial charge on any atom is 0.261 e. The zero-order valence-corrected chi connectivity index (χ0v) is 19.8. The van der Waals surface area contributed by atoms with E-state index in [2.05, 4.69) is 5.32 Å². The number of amides is 1. The highest BCUT2D eigenvalue weighted by Crippen LogP contribution is 2.31. The number of halogens is 1. The van der Waals surface area contributed by atoms with Crippen LogP contribution >= 0.6 is 22.9 Å². The van der Waals surface area contributed by atoms with E-state index in [1.807, 2.05) is 0 Å². The smallest absolute Gasteiger partial charge is 0.261 e. The van der Waals surface area contributed by atoms with E-state index in [1.54, 1.807) is 38.3 Å². The van der Waals surface area contributed by atoms with Crippen molar-refractivity contribution in [3.8, 4) is 11.5 Å². The minimum atomic E-state index is -3.78. The molecule has 1 atom stereocenters. The molecule has 0 aliphatic carbocycles. The van der Waals surface area contributed by atoms with Crippen LogP contribution < -0.4 is 14.8 Å². The van der Waals surface area contributed by atoms with Gasteiger partial charge in [-0.3, -0.25) is 4.79 Å². The molecule has 3 aromatic rings. The van der Waals surface area contributed by atoms with Crippen LogP contribution in [0, 0.1) is 6.92 Å². The van der Waals surface area contributed by atoms with Crippen molar-refractivity contribution in [3.05, 3.63) is 69.4 Å². The minimum Gasteiger partial charge on any atom is -0.497 e. The summed E-state index contributed by atoms with van der Waals surface area (Å²) in [5.41, 5.74) is 0.353. The van der Waals surface area contributed by atoms with Crippen molar-refractivity contribution in [3.63, 3.8) is 0 Å². The van der Waals surface area contributed by atoms with Crippen molar-refractivity contribution in [1.29, 1.82) is 0 Å². The molecule has 1 amide bonds. The second-order valence-electron chi connectivity index (χ2n) is 6.86. The fourth-order valence-corrected chi connectivity index (χ4v) is 5.81. The lowest BCUT2D eigenvalue weighted by Gasteiger charge is -2.13. The van der Waals surface area contributed by atoms with Crippen LogP contribution in [0.2, 0.25) is 5.02 Å². The van der Waals surface area contributed by atoms with E-state index in [4.69, 9.17) is 21.1 Å². The van der Waals surface area contributed by atoms with Gasteiger partial charge < -0.3 is 19.9 Å². The predicted molar refractivity (Wildman–Crippen MR) is 123 cm³/mol. The number of hydrogen-bond acceptors (Lipinski definition) is 7. The van der Waals surface area contributed by atoms with Crippen LogP contribution in [0.1, 0.15) is 15.2 Å². The lowest BCUT2D eigenvalue weighted by molar-refractivity contribution is 0.0846. The summed E-state index contributed by atoms with van der Waals surface area (Å²) in [7, 11) is -2.22. The third kappa shape index (κ3) is 5.60. The average Bonchev–Trinajstić information content (AvgIpc) is 3.19. The van der Waals surface area contributed by atoms with Gasteiger partial charge in [0.05, 0.1) is 21.8 Å². The summed E-state index contributed by atoms with van der Waals surface area (Å²) in [6, 6.07) is 12.7. The molecule has 0 saturated carbocycles. The molecule has 0 fully saturated rings. The summed E-state index contributed by atoms with van der Waals surface area (Å²) in [5, 5.41) is 14.6. The van der Waals surface area contributed by atoms with Crippen LogP contribution in [0.5, 0.6) is 11.5 Å². The number of sulfone groups is 1. The largest absolute Gasteiger partial charge is 0.497 e. The van der Waals surface area contributed by atoms with Gasteiger partial charge in [-0.2, -0.15) is 0 Å². The van der Waals surface area contributed by atoms with Crippen molar-refractivity contribution >= 4 is 38.7 Å². The Morgan fingerprint density at radius 2 is 1.75 bits per heavy atom. The van der Waals surface area contributed by atoms with E-state index >= 15 is 0 Å². The van der Waals surface area contributed by atoms with Gasteiger partial charge in [0.2, 0.25) is 9.84 Å². The first-order valence-electron chi connectivity index (χ1n) is 9.54. The number of methoxy groups -OCH3 is 1. The number of thiophene rings is 1. The Hall–Kier alpha value is -2.59. The summed E-state index contributed by atoms with van der Waals surface area (Å²) < 4.78 is 36.4. The van der Waals surface area contributed by atoms with Gasteiger partial charge >= 0.3 is 0 Å². The highest BCUT2D eigenvalue weighted by molar-refractivity contribution is 7.91. The van der Waals surface area contributed by atoms with Crippen LogP contribution in [0.3, 0.4) is 0 Å². The summed E-state index contributed by atoms with van der Waals surface area (Å²) in [4.78, 5) is 13.0. The number of carbonyl (C=O) groups is 1. The maximum absolute atomic E-state index is 12.9. The van der Waals surface area contributed by atoms with Crippen LogP contribution in [0.25, 0.3) is 0 Å². The van der Waals surface area contributed by atoms with E-state index in [0.717, 1.165) is 11.3 Å². The highest BCUT2D eigenvalue weighted by Gasteiger charge is 2.25. The lowest BCUT2D eigenvalue weighted by Crippen LogP contribution is -2.35. The molecule has 0 aliphatic rings. The fraction of sp³-hybridized carbons (Fsp3) is 0.227. The van der Waals surface area contributed by atoms with Crippen molar-refractivity contribution in [1.82, 2.24) is 5.32 Å². The van der Waals surface area contributed by atoms with Crippen LogP contribution in [-0.4, -0.2) is 45.8 Å². The van der Waals surface area contributed by atoms with Gasteiger partial charge in [0.1, 0.15) is 24.2 Å². The maximum atomic E-state index is 12.9. The van der Waals surface area contributed by atoms with E-state index in [9.17, 15) is 18.3 Å². The molecule has 10 heteroatoms. The number of hydrogen-bond donors (Lipinski definition) is 2. The quantitative estimate of drug-likeness (QED) is 0.469. The molecule has 0 bridgehead atoms. The lowest BCUT2D eigenvalue weighted by atomic mass is 10.2. The molecule has 1 unspecified atom stereocenters. The molecule has 3 rings (SSSR count). The van der Waals surface area contributed by atoms with Crippen LogP contribution in [-0.2, 0) is 9.84 Å². The Kier molecular flexibility index (Phi) is 7.78. The Labute approximate surface area is 195 Å². The zero-order chi connectivity index (χ0) is 23.3. The number of aliphatic hydroxyl groups is 1. The SMILES string of the molecule is COc1ccc(OCC(O)CNC(=O)c2scc(S(=O)(=O)c3ccc(Cl)cc3)c2C)cc1. The molecule has 0 spiro atoms. The molecular formula is C22H22ClNO6S2. The van der Waals surface area contributed by atoms with Crippen molar-refractivity contribution in [2.45, 2.75) is 22.8 Å². The minimum absolute atomic E-state index is 0.0216. The van der Waals surface area contributed by atoms with Gasteiger partial charge in [0.15, 0.2) is 0 Å². The first-order chi connectivity index (χ1) is 15.2. The Morgan fingerprint density at radius 3 is 2.38 bits per heavy atom. The summed E-state index contributed by atoms with van der Waals surface area (Å²) in [6.07, 6.45) is -0.946. The third-order valence-corrected chi connectivity index (χ3v) is 7.99. The first kappa shape index (κ1) is 24.1. The monoisotopic (exact) mass is 495 g/mol.